The molecule has 4 nitrogen and oxygen atoms in total. The Morgan fingerprint density at radius 1 is 1.67 bits per heavy atom. The Morgan fingerprint density at radius 2 is 2.33 bits per heavy atom. The summed E-state index contributed by atoms with van der Waals surface area (Å²) in [5.41, 5.74) is 4.80. The summed E-state index contributed by atoms with van der Waals surface area (Å²) < 4.78 is 4.21. The van der Waals surface area contributed by atoms with Gasteiger partial charge in [-0.3, -0.25) is 9.59 Å². The summed E-state index contributed by atoms with van der Waals surface area (Å²) in [7, 11) is -0.0177. The first kappa shape index (κ1) is 6.65. The van der Waals surface area contributed by atoms with Crippen LogP contribution in [0.25, 0.3) is 0 Å². The monoisotopic (exact) mass is 147 g/mol. The van der Waals surface area contributed by atoms with Crippen LogP contribution in [0.1, 0.15) is 6.42 Å². The lowest BCUT2D eigenvalue weighted by Gasteiger charge is -1.94. The van der Waals surface area contributed by atoms with Gasteiger partial charge < -0.3 is 10.2 Å². The van der Waals surface area contributed by atoms with E-state index in [9.17, 15) is 9.59 Å². The molecule has 9 heavy (non-hydrogen) atoms. The molecule has 1 aliphatic heterocycles. The summed E-state index contributed by atoms with van der Waals surface area (Å²) in [6.45, 7) is 0. The zero-order valence-corrected chi connectivity index (χ0v) is 5.59. The number of ether oxygens (including phenoxy) is 1. The minimum absolute atomic E-state index is 0.0177. The van der Waals surface area contributed by atoms with Gasteiger partial charge in [-0.15, -0.1) is 0 Å². The van der Waals surface area contributed by atoms with E-state index < -0.39 is 11.9 Å². The van der Waals surface area contributed by atoms with Gasteiger partial charge in [0.15, 0.2) is 0 Å². The molecule has 1 aliphatic rings. The van der Waals surface area contributed by atoms with Crippen LogP contribution in [0.2, 0.25) is 0 Å². The van der Waals surface area contributed by atoms with Crippen molar-refractivity contribution < 1.29 is 14.3 Å². The third kappa shape index (κ3) is 1.26. The van der Waals surface area contributed by atoms with Crippen LogP contribution in [0.5, 0.6) is 0 Å². The predicted octanol–water partition coefficient (Wildman–Crippen LogP) is -0.619. The van der Waals surface area contributed by atoms with Crippen LogP contribution in [0.4, 0.5) is 0 Å². The molecule has 0 aromatic rings. The van der Waals surface area contributed by atoms with E-state index in [1.807, 2.05) is 0 Å². The van der Waals surface area contributed by atoms with E-state index in [4.69, 9.17) is 5.50 Å². The number of carbonyl (C=O) groups excluding carboxylic acids is 2. The lowest BCUT2D eigenvalue weighted by atomic mass is 10.4. The van der Waals surface area contributed by atoms with Crippen molar-refractivity contribution in [2.75, 3.05) is 0 Å². The molecule has 50 valence electrons. The molecule has 0 aliphatic carbocycles. The first-order valence-corrected chi connectivity index (χ1v) is 3.60. The molecule has 1 saturated heterocycles. The maximum Gasteiger partial charge on any atom is 0.322 e. The van der Waals surface area contributed by atoms with Crippen molar-refractivity contribution in [3.63, 3.8) is 0 Å². The fourth-order valence-corrected chi connectivity index (χ4v) is 1.08. The van der Waals surface area contributed by atoms with Crippen LogP contribution in [0, 0.1) is 0 Å². The average molecular weight is 147 g/mol. The zero-order valence-electron chi connectivity index (χ0n) is 4.59. The lowest BCUT2D eigenvalue weighted by molar-refractivity contribution is -0.151. The molecule has 0 bridgehead atoms. The van der Waals surface area contributed by atoms with Gasteiger partial charge in [0, 0.05) is 0 Å². The number of nitrogens with two attached hydrogens (primary N) is 1. The Bertz CT molecular complexity index is 158. The fraction of sp³-hybridized carbons (Fsp3) is 0.500. The van der Waals surface area contributed by atoms with Crippen molar-refractivity contribution in [1.82, 2.24) is 0 Å². The highest BCUT2D eigenvalue weighted by atomic mass is 31.1. The highest BCUT2D eigenvalue weighted by molar-refractivity contribution is 7.37. The average Bonchev–Trinajstić information content (AvgIpc) is 2.10. The Morgan fingerprint density at radius 3 is 2.56 bits per heavy atom. The molecule has 0 spiro atoms. The van der Waals surface area contributed by atoms with Crippen LogP contribution in [0.15, 0.2) is 0 Å². The first-order valence-electron chi connectivity index (χ1n) is 2.44. The van der Waals surface area contributed by atoms with E-state index in [1.54, 1.807) is 0 Å². The van der Waals surface area contributed by atoms with Crippen molar-refractivity contribution in [2.24, 2.45) is 5.50 Å². The highest BCUT2D eigenvalue weighted by Gasteiger charge is 2.31. The van der Waals surface area contributed by atoms with E-state index in [0.29, 0.717) is 0 Å². The molecule has 1 fully saturated rings. The predicted molar refractivity (Wildman–Crippen MR) is 32.0 cm³/mol. The summed E-state index contributed by atoms with van der Waals surface area (Å²) in [6.07, 6.45) is 0.160. The first-order chi connectivity index (χ1) is 4.24. The quantitative estimate of drug-likeness (QED) is 0.305. The van der Waals surface area contributed by atoms with E-state index in [1.165, 1.54) is 0 Å². The van der Waals surface area contributed by atoms with Gasteiger partial charge in [-0.25, -0.2) is 0 Å². The number of cyclic esters (lactones) is 2. The van der Waals surface area contributed by atoms with Crippen LogP contribution in [-0.4, -0.2) is 17.6 Å². The number of carbonyl (C=O) groups is 2. The fourth-order valence-electron chi connectivity index (χ4n) is 0.602. The molecular weight excluding hydrogens is 141 g/mol. The summed E-state index contributed by atoms with van der Waals surface area (Å²) in [4.78, 5) is 20.8. The molecule has 0 radical (unpaired) electrons. The van der Waals surface area contributed by atoms with Crippen LogP contribution < -0.4 is 5.50 Å². The molecule has 2 unspecified atom stereocenters. The van der Waals surface area contributed by atoms with Crippen molar-refractivity contribution in [1.29, 1.82) is 0 Å². The maximum atomic E-state index is 10.5. The molecule has 1 rings (SSSR count). The van der Waals surface area contributed by atoms with Gasteiger partial charge >= 0.3 is 11.9 Å². The Balaban J connectivity index is 2.58. The van der Waals surface area contributed by atoms with E-state index >= 15 is 0 Å². The van der Waals surface area contributed by atoms with Gasteiger partial charge in [-0.05, 0) is 8.73 Å². The third-order valence-corrected chi connectivity index (χ3v) is 1.91. The third-order valence-electron chi connectivity index (χ3n) is 1.07. The van der Waals surface area contributed by atoms with E-state index in [-0.39, 0.29) is 20.8 Å². The molecule has 0 saturated carbocycles. The van der Waals surface area contributed by atoms with Gasteiger partial charge in [0.2, 0.25) is 0 Å². The second kappa shape index (κ2) is 2.42. The molecule has 2 atom stereocenters. The summed E-state index contributed by atoms with van der Waals surface area (Å²) >= 11 is 0. The second-order valence-corrected chi connectivity index (χ2v) is 2.75. The molecule has 1 heterocycles. The van der Waals surface area contributed by atoms with E-state index in [0.717, 1.165) is 0 Å². The van der Waals surface area contributed by atoms with Crippen molar-refractivity contribution >= 4 is 20.7 Å². The van der Waals surface area contributed by atoms with Crippen LogP contribution in [-0.2, 0) is 14.3 Å². The SMILES string of the molecule is NPC1CC(=O)OC1=O. The maximum absolute atomic E-state index is 10.5. The molecule has 2 N–H and O–H groups in total. The minimum Gasteiger partial charge on any atom is -0.393 e. The highest BCUT2D eigenvalue weighted by Crippen LogP contribution is 2.21. The Labute approximate surface area is 53.6 Å². The molecule has 5 heteroatoms. The van der Waals surface area contributed by atoms with Gasteiger partial charge in [0.1, 0.15) is 0 Å². The van der Waals surface area contributed by atoms with Gasteiger partial charge in [-0.2, -0.15) is 0 Å². The van der Waals surface area contributed by atoms with Gasteiger partial charge in [-0.1, -0.05) is 0 Å². The largest absolute Gasteiger partial charge is 0.393 e. The summed E-state index contributed by atoms with van der Waals surface area (Å²) in [6, 6.07) is 0. The molecule has 0 aromatic heterocycles. The Kier molecular flexibility index (Phi) is 1.78. The van der Waals surface area contributed by atoms with Crippen LogP contribution in [0.3, 0.4) is 0 Å². The van der Waals surface area contributed by atoms with Gasteiger partial charge in [0.25, 0.3) is 0 Å². The van der Waals surface area contributed by atoms with Crippen LogP contribution >= 0.6 is 8.73 Å². The summed E-state index contributed by atoms with van der Waals surface area (Å²) in [5, 5.41) is 0. The van der Waals surface area contributed by atoms with Crippen molar-refractivity contribution in [3.05, 3.63) is 0 Å². The topological polar surface area (TPSA) is 69.4 Å². The zero-order chi connectivity index (χ0) is 6.85. The number of hydrogen-bond acceptors (Lipinski definition) is 4. The lowest BCUT2D eigenvalue weighted by Crippen LogP contribution is -2.09. The van der Waals surface area contributed by atoms with Crippen molar-refractivity contribution in [3.8, 4) is 0 Å². The van der Waals surface area contributed by atoms with E-state index in [2.05, 4.69) is 4.74 Å². The molecule has 0 amide bonds. The summed E-state index contributed by atoms with van der Waals surface area (Å²) in [5.74, 6) is -0.927. The minimum atomic E-state index is -0.471. The Hall–Kier alpha value is -0.470. The number of rotatable bonds is 1. The smallest absolute Gasteiger partial charge is 0.322 e. The second-order valence-electron chi connectivity index (χ2n) is 1.72. The number of esters is 2. The number of hydrogen-bond donors (Lipinski definition) is 1. The normalized spacial score (nSPS) is 27.9. The standard InChI is InChI=1S/C4H6NO3P/c5-9-2-1-3(6)8-4(2)7/h2,9H,1,5H2. The molecular formula is C4H6NO3P. The molecule has 0 aromatic carbocycles. The van der Waals surface area contributed by atoms with Crippen molar-refractivity contribution in [2.45, 2.75) is 12.1 Å². The van der Waals surface area contributed by atoms with Gasteiger partial charge in [0.05, 0.1) is 12.1 Å².